The minimum absolute atomic E-state index is 0.0389. The quantitative estimate of drug-likeness (QED) is 0.568. The van der Waals surface area contributed by atoms with E-state index in [4.69, 9.17) is 4.43 Å². The van der Waals surface area contributed by atoms with E-state index < -0.39 is 8.32 Å². The van der Waals surface area contributed by atoms with Gasteiger partial charge in [0, 0.05) is 17.3 Å². The first-order valence-corrected chi connectivity index (χ1v) is 11.6. The summed E-state index contributed by atoms with van der Waals surface area (Å²) in [4.78, 5) is 13.2. The third-order valence-electron chi connectivity index (χ3n) is 3.86. The van der Waals surface area contributed by atoms with Crippen LogP contribution in [0.3, 0.4) is 0 Å². The van der Waals surface area contributed by atoms with Gasteiger partial charge in [-0.05, 0) is 31.5 Å². The number of alkyl halides is 1. The topological polar surface area (TPSA) is 26.3 Å². The molecular formula is C16H23BrO2Si. The number of Topliss-reactive ketones (excluding diaryl/α,β-unsaturated/α-hetero) is 1. The second-order valence-corrected chi connectivity index (χ2v) is 11.9. The fourth-order valence-corrected chi connectivity index (χ4v) is 4.18. The lowest BCUT2D eigenvalue weighted by atomic mass is 9.82. The largest absolute Gasteiger partial charge is 0.409 e. The molecule has 0 spiro atoms. The molecule has 1 fully saturated rings. The van der Waals surface area contributed by atoms with Gasteiger partial charge < -0.3 is 4.43 Å². The van der Waals surface area contributed by atoms with Gasteiger partial charge in [0.05, 0.1) is 6.10 Å². The summed E-state index contributed by atoms with van der Waals surface area (Å²) in [5, 5.41) is 0. The van der Waals surface area contributed by atoms with Gasteiger partial charge in [-0.2, -0.15) is 0 Å². The highest BCUT2D eigenvalue weighted by Crippen LogP contribution is 2.37. The van der Waals surface area contributed by atoms with Crippen molar-refractivity contribution >= 4 is 30.0 Å². The lowest BCUT2D eigenvalue weighted by Crippen LogP contribution is -2.39. The van der Waals surface area contributed by atoms with Crippen molar-refractivity contribution in [2.45, 2.75) is 44.9 Å². The molecule has 2 nitrogen and oxygen atoms in total. The van der Waals surface area contributed by atoms with Crippen LogP contribution in [0.1, 0.15) is 37.4 Å². The molecule has 0 aliphatic heterocycles. The average Bonchev–Trinajstić information content (AvgIpc) is 2.47. The Morgan fingerprint density at radius 3 is 2.60 bits per heavy atom. The summed E-state index contributed by atoms with van der Waals surface area (Å²) in [5.41, 5.74) is 1.15. The van der Waals surface area contributed by atoms with Crippen LogP contribution in [0.4, 0.5) is 0 Å². The summed E-state index contributed by atoms with van der Waals surface area (Å²) in [6.07, 6.45) is 3.79. The minimum Gasteiger partial charge on any atom is -0.409 e. The maximum atomic E-state index is 12.3. The zero-order chi connectivity index (χ0) is 14.6. The molecule has 0 amide bonds. The Bertz CT molecular complexity index is 447. The molecule has 1 aliphatic carbocycles. The molecule has 0 N–H and O–H groups in total. The van der Waals surface area contributed by atoms with Crippen LogP contribution < -0.4 is 0 Å². The van der Waals surface area contributed by atoms with E-state index in [1.165, 1.54) is 0 Å². The Labute approximate surface area is 131 Å². The lowest BCUT2D eigenvalue weighted by molar-refractivity contribution is -0.128. The molecule has 1 aliphatic rings. The van der Waals surface area contributed by atoms with Crippen LogP contribution >= 0.6 is 15.9 Å². The van der Waals surface area contributed by atoms with Crippen molar-refractivity contribution in [1.29, 1.82) is 0 Å². The van der Waals surface area contributed by atoms with Gasteiger partial charge in [0.1, 0.15) is 5.78 Å². The SMILES string of the molecule is C[Si](C)(CBr)O[C@@H](c1ccccc1)[C@@H]1CCCCC1=O. The molecule has 110 valence electrons. The third kappa shape index (κ3) is 4.03. The fourth-order valence-electron chi connectivity index (χ4n) is 2.73. The van der Waals surface area contributed by atoms with Gasteiger partial charge in [-0.15, -0.1) is 0 Å². The number of carbonyl (C=O) groups is 1. The van der Waals surface area contributed by atoms with E-state index in [0.717, 1.165) is 29.8 Å². The summed E-state index contributed by atoms with van der Waals surface area (Å²) in [7, 11) is -1.77. The Balaban J connectivity index is 2.26. The Morgan fingerprint density at radius 2 is 2.00 bits per heavy atom. The first-order chi connectivity index (χ1) is 9.53. The van der Waals surface area contributed by atoms with Crippen LogP contribution in [0.15, 0.2) is 30.3 Å². The number of halogens is 1. The molecule has 2 rings (SSSR count). The maximum absolute atomic E-state index is 12.3. The number of hydrogen-bond donors (Lipinski definition) is 0. The predicted molar refractivity (Wildman–Crippen MR) is 88.5 cm³/mol. The molecule has 0 bridgehead atoms. The second-order valence-electron chi connectivity index (χ2n) is 6.16. The molecular weight excluding hydrogens is 332 g/mol. The standard InChI is InChI=1S/C16H23BrO2Si/c1-20(2,12-17)19-16(13-8-4-3-5-9-13)14-10-6-7-11-15(14)18/h3-5,8-9,14,16H,6-7,10-12H2,1-2H3/t14-,16+/m1/s1. The molecule has 4 heteroatoms. The van der Waals surface area contributed by atoms with E-state index in [-0.39, 0.29) is 12.0 Å². The van der Waals surface area contributed by atoms with Gasteiger partial charge in [0.25, 0.3) is 0 Å². The molecule has 1 saturated carbocycles. The van der Waals surface area contributed by atoms with Gasteiger partial charge in [0.15, 0.2) is 8.32 Å². The molecule has 2 atom stereocenters. The Kier molecular flexibility index (Phi) is 5.58. The average molecular weight is 355 g/mol. The van der Waals surface area contributed by atoms with Crippen molar-refractivity contribution in [2.24, 2.45) is 5.92 Å². The fraction of sp³-hybridized carbons (Fsp3) is 0.562. The van der Waals surface area contributed by atoms with Crippen molar-refractivity contribution in [1.82, 2.24) is 0 Å². The second kappa shape index (κ2) is 7.01. The highest BCUT2D eigenvalue weighted by Gasteiger charge is 2.36. The monoisotopic (exact) mass is 354 g/mol. The van der Waals surface area contributed by atoms with E-state index in [9.17, 15) is 4.79 Å². The van der Waals surface area contributed by atoms with E-state index in [1.54, 1.807) is 0 Å². The molecule has 0 unspecified atom stereocenters. The summed E-state index contributed by atoms with van der Waals surface area (Å²) < 4.78 is 6.45. The van der Waals surface area contributed by atoms with Crippen LogP contribution in [0.2, 0.25) is 13.1 Å². The Morgan fingerprint density at radius 1 is 1.30 bits per heavy atom. The normalized spacial score (nSPS) is 21.8. The molecule has 0 saturated heterocycles. The molecule has 0 heterocycles. The van der Waals surface area contributed by atoms with Gasteiger partial charge in [-0.25, -0.2) is 0 Å². The Hall–Kier alpha value is -0.453. The van der Waals surface area contributed by atoms with E-state index in [2.05, 4.69) is 41.2 Å². The van der Waals surface area contributed by atoms with Gasteiger partial charge in [-0.1, -0.05) is 52.7 Å². The highest BCUT2D eigenvalue weighted by atomic mass is 79.9. The predicted octanol–water partition coefficient (Wildman–Crippen LogP) is 4.64. The molecule has 1 aromatic carbocycles. The summed E-state index contributed by atoms with van der Waals surface area (Å²) in [6, 6.07) is 10.2. The summed E-state index contributed by atoms with van der Waals surface area (Å²) in [5.74, 6) is 0.418. The van der Waals surface area contributed by atoms with Crippen molar-refractivity contribution in [3.8, 4) is 0 Å². The van der Waals surface area contributed by atoms with Crippen LogP contribution in [0.5, 0.6) is 0 Å². The zero-order valence-electron chi connectivity index (χ0n) is 12.3. The molecule has 1 aromatic rings. The van der Waals surface area contributed by atoms with Crippen molar-refractivity contribution in [2.75, 3.05) is 4.95 Å². The van der Waals surface area contributed by atoms with Gasteiger partial charge in [0.2, 0.25) is 0 Å². The number of carbonyl (C=O) groups excluding carboxylic acids is 1. The van der Waals surface area contributed by atoms with Crippen LogP contribution in [0.25, 0.3) is 0 Å². The number of rotatable bonds is 5. The highest BCUT2D eigenvalue weighted by molar-refractivity contribution is 9.09. The van der Waals surface area contributed by atoms with Gasteiger partial charge >= 0.3 is 0 Å². The van der Waals surface area contributed by atoms with Crippen LogP contribution in [0, 0.1) is 5.92 Å². The molecule has 0 aromatic heterocycles. The van der Waals surface area contributed by atoms with Crippen molar-refractivity contribution in [3.63, 3.8) is 0 Å². The summed E-state index contributed by atoms with van der Waals surface area (Å²) >= 11 is 3.56. The van der Waals surface area contributed by atoms with Crippen molar-refractivity contribution in [3.05, 3.63) is 35.9 Å². The number of hydrogen-bond acceptors (Lipinski definition) is 2. The van der Waals surface area contributed by atoms with Crippen LogP contribution in [-0.4, -0.2) is 19.1 Å². The number of ketones is 1. The first-order valence-electron chi connectivity index (χ1n) is 7.35. The van der Waals surface area contributed by atoms with Gasteiger partial charge in [-0.3, -0.25) is 4.79 Å². The lowest BCUT2D eigenvalue weighted by Gasteiger charge is -2.35. The number of benzene rings is 1. The van der Waals surface area contributed by atoms with E-state index >= 15 is 0 Å². The third-order valence-corrected chi connectivity index (χ3v) is 9.45. The molecule has 0 radical (unpaired) electrons. The zero-order valence-corrected chi connectivity index (χ0v) is 14.9. The maximum Gasteiger partial charge on any atom is 0.197 e. The summed E-state index contributed by atoms with van der Waals surface area (Å²) in [6.45, 7) is 4.40. The first kappa shape index (κ1) is 15.9. The molecule has 20 heavy (non-hydrogen) atoms. The minimum atomic E-state index is -1.77. The smallest absolute Gasteiger partial charge is 0.197 e. The van der Waals surface area contributed by atoms with Crippen molar-refractivity contribution < 1.29 is 9.22 Å². The van der Waals surface area contributed by atoms with E-state index in [1.807, 2.05) is 18.2 Å². The van der Waals surface area contributed by atoms with Crippen LogP contribution in [-0.2, 0) is 9.22 Å². The van der Waals surface area contributed by atoms with E-state index in [0.29, 0.717) is 12.2 Å².